The molecule has 30 heavy (non-hydrogen) atoms. The van der Waals surface area contributed by atoms with Gasteiger partial charge in [0.05, 0.1) is 25.3 Å². The number of halogens is 3. The highest BCUT2D eigenvalue weighted by Crippen LogP contribution is 2.41. The molecule has 0 aliphatic carbocycles. The molecule has 0 spiro atoms. The zero-order valence-corrected chi connectivity index (χ0v) is 17.2. The fraction of sp³-hybridized carbons (Fsp3) is 0.529. The van der Waals surface area contributed by atoms with Crippen LogP contribution in [0.5, 0.6) is 0 Å². The molecule has 0 unspecified atom stereocenters. The van der Waals surface area contributed by atoms with E-state index in [1.165, 1.54) is 11.3 Å². The molecule has 2 aromatic rings. The van der Waals surface area contributed by atoms with Crippen LogP contribution in [0.15, 0.2) is 22.5 Å². The monoisotopic (exact) mass is 464 g/mol. The van der Waals surface area contributed by atoms with Crippen LogP contribution < -0.4 is 5.32 Å². The third kappa shape index (κ3) is 5.53. The minimum atomic E-state index is -5.08. The summed E-state index contributed by atoms with van der Waals surface area (Å²) in [4.78, 5) is 31.9. The van der Waals surface area contributed by atoms with E-state index in [4.69, 9.17) is 14.6 Å². The van der Waals surface area contributed by atoms with E-state index in [-0.39, 0.29) is 11.3 Å². The quantitative estimate of drug-likeness (QED) is 0.698. The topological polar surface area (TPSA) is 105 Å². The molecule has 1 amide bonds. The number of likely N-dealkylation sites (tertiary alicyclic amines) is 1. The van der Waals surface area contributed by atoms with Crippen molar-refractivity contribution in [3.8, 4) is 0 Å². The van der Waals surface area contributed by atoms with Gasteiger partial charge in [-0.25, -0.2) is 14.8 Å². The molecule has 2 atom stereocenters. The van der Waals surface area contributed by atoms with Crippen molar-refractivity contribution >= 4 is 34.6 Å². The van der Waals surface area contributed by atoms with E-state index in [0.717, 1.165) is 31.2 Å². The average molecular weight is 464 g/mol. The molecule has 13 heteroatoms. The molecule has 2 fully saturated rings. The Hall–Kier alpha value is -2.09. The maximum atomic E-state index is 12.2. The summed E-state index contributed by atoms with van der Waals surface area (Å²) in [5, 5.41) is 15.1. The molecule has 0 radical (unpaired) electrons. The summed E-state index contributed by atoms with van der Waals surface area (Å²) in [6.07, 6.45) is -3.23. The molecule has 2 aliphatic rings. The van der Waals surface area contributed by atoms with Crippen molar-refractivity contribution in [2.75, 3.05) is 32.8 Å². The number of hydrogen-bond acceptors (Lipinski definition) is 8. The van der Waals surface area contributed by atoms with Crippen molar-refractivity contribution in [2.24, 2.45) is 11.3 Å². The van der Waals surface area contributed by atoms with Gasteiger partial charge in [-0.05, 0) is 0 Å². The lowest BCUT2D eigenvalue weighted by atomic mass is 9.81. The summed E-state index contributed by atoms with van der Waals surface area (Å²) < 4.78 is 37.5. The van der Waals surface area contributed by atoms with Crippen LogP contribution in [0.25, 0.3) is 0 Å². The third-order valence-corrected chi connectivity index (χ3v) is 6.29. The summed E-state index contributed by atoms with van der Waals surface area (Å²) >= 11 is 3.13. The predicted octanol–water partition coefficient (Wildman–Crippen LogP) is 2.11. The number of fused-ring (bicyclic) bond motifs is 1. The van der Waals surface area contributed by atoms with E-state index in [9.17, 15) is 18.0 Å². The lowest BCUT2D eigenvalue weighted by molar-refractivity contribution is -0.192. The second kappa shape index (κ2) is 9.37. The maximum Gasteiger partial charge on any atom is 0.490 e. The fourth-order valence-corrected chi connectivity index (χ4v) is 4.70. The highest BCUT2D eigenvalue weighted by atomic mass is 32.1. The van der Waals surface area contributed by atoms with Crippen LogP contribution in [-0.4, -0.2) is 70.9 Å². The van der Waals surface area contributed by atoms with Gasteiger partial charge in [-0.15, -0.1) is 22.7 Å². The molecule has 2 aromatic heterocycles. The van der Waals surface area contributed by atoms with E-state index in [1.807, 2.05) is 11.6 Å². The molecular formula is C17H19F3N4O4S2. The van der Waals surface area contributed by atoms with Gasteiger partial charge >= 0.3 is 12.1 Å². The summed E-state index contributed by atoms with van der Waals surface area (Å²) in [6, 6.07) is 0. The van der Waals surface area contributed by atoms with Crippen LogP contribution in [0.3, 0.4) is 0 Å². The van der Waals surface area contributed by atoms with Gasteiger partial charge in [-0.3, -0.25) is 9.69 Å². The molecule has 4 heterocycles. The van der Waals surface area contributed by atoms with E-state index >= 15 is 0 Å². The number of hydrogen-bond donors (Lipinski definition) is 2. The Morgan fingerprint density at radius 2 is 2.17 bits per heavy atom. The number of carbonyl (C=O) groups is 2. The van der Waals surface area contributed by atoms with Gasteiger partial charge in [0.2, 0.25) is 0 Å². The highest BCUT2D eigenvalue weighted by Gasteiger charge is 2.50. The minimum Gasteiger partial charge on any atom is -0.475 e. The van der Waals surface area contributed by atoms with Crippen molar-refractivity contribution in [3.05, 3.63) is 33.2 Å². The first-order valence-electron chi connectivity index (χ1n) is 8.84. The van der Waals surface area contributed by atoms with Crippen molar-refractivity contribution < 1.29 is 32.6 Å². The minimum absolute atomic E-state index is 0.0168. The molecule has 0 aromatic carbocycles. The van der Waals surface area contributed by atoms with Gasteiger partial charge < -0.3 is 15.2 Å². The van der Waals surface area contributed by atoms with E-state index in [2.05, 4.69) is 20.2 Å². The molecule has 0 bridgehead atoms. The third-order valence-electron chi connectivity index (χ3n) is 4.94. The Labute approximate surface area is 177 Å². The van der Waals surface area contributed by atoms with Crippen molar-refractivity contribution in [2.45, 2.75) is 12.7 Å². The summed E-state index contributed by atoms with van der Waals surface area (Å²) in [5.41, 5.74) is 2.20. The number of aromatic nitrogens is 2. The fourth-order valence-electron chi connectivity index (χ4n) is 3.51. The van der Waals surface area contributed by atoms with Crippen LogP contribution in [0, 0.1) is 11.3 Å². The first kappa shape index (κ1) is 22.6. The molecule has 8 nitrogen and oxygen atoms in total. The van der Waals surface area contributed by atoms with Gasteiger partial charge in [0.25, 0.3) is 5.91 Å². The van der Waals surface area contributed by atoms with E-state index < -0.39 is 12.1 Å². The van der Waals surface area contributed by atoms with Gasteiger partial charge in [0.1, 0.15) is 10.7 Å². The van der Waals surface area contributed by atoms with E-state index in [1.54, 1.807) is 22.2 Å². The standard InChI is InChI=1S/C15H18N4O2S2.C2HF3O2/c20-14(12-6-22-10-18-12)17-7-15-8-19(3-11(15)5-21-9-15)4-13-16-1-2-23-13;3-2(4,5)1(6)7/h1-2,6,10-11H,3-5,7-9H2,(H,17,20);(H,6,7)/t11-,15+;/m1./s1. The van der Waals surface area contributed by atoms with Crippen molar-refractivity contribution in [1.82, 2.24) is 20.2 Å². The molecular weight excluding hydrogens is 445 g/mol. The van der Waals surface area contributed by atoms with Gasteiger partial charge in [-0.1, -0.05) is 0 Å². The second-order valence-electron chi connectivity index (χ2n) is 7.03. The Bertz CT molecular complexity index is 848. The molecule has 2 N–H and O–H groups in total. The number of nitrogens with one attached hydrogen (secondary N) is 1. The van der Waals surface area contributed by atoms with E-state index in [0.29, 0.717) is 24.8 Å². The number of rotatable bonds is 5. The van der Waals surface area contributed by atoms with Crippen LogP contribution in [0.2, 0.25) is 0 Å². The molecule has 2 aliphatic heterocycles. The van der Waals surface area contributed by atoms with Crippen LogP contribution >= 0.6 is 22.7 Å². The normalized spacial score (nSPS) is 23.5. The van der Waals surface area contributed by atoms with Crippen molar-refractivity contribution in [1.29, 1.82) is 0 Å². The Kier molecular flexibility index (Phi) is 7.06. The van der Waals surface area contributed by atoms with Gasteiger partial charge in [-0.2, -0.15) is 13.2 Å². The van der Waals surface area contributed by atoms with Gasteiger partial charge in [0, 0.05) is 47.9 Å². The number of carboxylic acid groups (broad SMARTS) is 1. The lowest BCUT2D eigenvalue weighted by Gasteiger charge is -2.27. The number of carbonyl (C=O) groups excluding carboxylic acids is 1. The average Bonchev–Trinajstić information content (AvgIpc) is 3.44. The summed E-state index contributed by atoms with van der Waals surface area (Å²) in [5.74, 6) is -2.38. The number of amides is 1. The molecule has 4 rings (SSSR count). The van der Waals surface area contributed by atoms with Crippen LogP contribution in [0.1, 0.15) is 15.5 Å². The zero-order valence-electron chi connectivity index (χ0n) is 15.6. The second-order valence-corrected chi connectivity index (χ2v) is 8.73. The number of alkyl halides is 3. The molecule has 2 saturated heterocycles. The number of thiazole rings is 2. The molecule has 164 valence electrons. The van der Waals surface area contributed by atoms with Crippen LogP contribution in [0.4, 0.5) is 13.2 Å². The van der Waals surface area contributed by atoms with Crippen molar-refractivity contribution in [3.63, 3.8) is 0 Å². The van der Waals surface area contributed by atoms with Gasteiger partial charge in [0.15, 0.2) is 0 Å². The SMILES string of the molecule is O=C(NC[C@]12COC[C@H]1CN(Cc1nccs1)C2)c1cscn1.O=C(O)C(F)(F)F. The number of carboxylic acids is 1. The summed E-state index contributed by atoms with van der Waals surface area (Å²) in [6.45, 7) is 4.96. The first-order valence-corrected chi connectivity index (χ1v) is 10.7. The first-order chi connectivity index (χ1) is 14.2. The Morgan fingerprint density at radius 1 is 1.40 bits per heavy atom. The number of nitrogens with zero attached hydrogens (tertiary/aromatic N) is 3. The maximum absolute atomic E-state index is 12.2. The highest BCUT2D eigenvalue weighted by molar-refractivity contribution is 7.09. The number of ether oxygens (including phenoxy) is 1. The smallest absolute Gasteiger partial charge is 0.475 e. The molecule has 0 saturated carbocycles. The Balaban J connectivity index is 0.000000318. The zero-order chi connectivity index (χ0) is 21.8. The largest absolute Gasteiger partial charge is 0.490 e. The van der Waals surface area contributed by atoms with Crippen LogP contribution in [-0.2, 0) is 16.1 Å². The summed E-state index contributed by atoms with van der Waals surface area (Å²) in [7, 11) is 0. The Morgan fingerprint density at radius 3 is 2.77 bits per heavy atom. The predicted molar refractivity (Wildman–Crippen MR) is 102 cm³/mol. The number of aliphatic carboxylic acids is 1. The lowest BCUT2D eigenvalue weighted by Crippen LogP contribution is -2.43.